The molecule has 3 heteroatoms. The molecule has 2 aromatic heterocycles. The van der Waals surface area contributed by atoms with Crippen molar-refractivity contribution in [3.05, 3.63) is 28.9 Å². The van der Waals surface area contributed by atoms with E-state index in [1.807, 2.05) is 23.7 Å². The molecule has 0 bridgehead atoms. The van der Waals surface area contributed by atoms with Crippen molar-refractivity contribution in [1.29, 1.82) is 0 Å². The fraction of sp³-hybridized carbons (Fsp3) is 0.364. The zero-order valence-corrected chi connectivity index (χ0v) is 8.73. The lowest BCUT2D eigenvalue weighted by atomic mass is 9.99. The summed E-state index contributed by atoms with van der Waals surface area (Å²) in [7, 11) is 0. The predicted molar refractivity (Wildman–Crippen MR) is 58.5 cm³/mol. The zero-order chi connectivity index (χ0) is 9.38. The van der Waals surface area contributed by atoms with Gasteiger partial charge in [0.05, 0.1) is 6.20 Å². The molecule has 0 amide bonds. The van der Waals surface area contributed by atoms with E-state index in [4.69, 9.17) is 0 Å². The van der Waals surface area contributed by atoms with Crippen LogP contribution in [0.5, 0.6) is 0 Å². The minimum atomic E-state index is 1.23. The summed E-state index contributed by atoms with van der Waals surface area (Å²) in [5, 5.41) is 6.85. The van der Waals surface area contributed by atoms with E-state index in [1.165, 1.54) is 36.1 Å². The number of hydrogen-bond donors (Lipinski definition) is 1. The summed E-state index contributed by atoms with van der Waals surface area (Å²) in [6, 6.07) is 2.34. The number of aromatic amines is 1. The van der Waals surface area contributed by atoms with E-state index in [1.54, 1.807) is 10.4 Å². The Labute approximate surface area is 87.0 Å². The van der Waals surface area contributed by atoms with Crippen LogP contribution in [-0.4, -0.2) is 10.2 Å². The van der Waals surface area contributed by atoms with Gasteiger partial charge in [-0.15, -0.1) is 11.3 Å². The van der Waals surface area contributed by atoms with Gasteiger partial charge in [-0.1, -0.05) is 0 Å². The Morgan fingerprint density at radius 1 is 1.29 bits per heavy atom. The third-order valence-corrected chi connectivity index (χ3v) is 4.07. The van der Waals surface area contributed by atoms with Crippen molar-refractivity contribution in [1.82, 2.24) is 10.2 Å². The molecule has 0 saturated heterocycles. The van der Waals surface area contributed by atoms with E-state index in [-0.39, 0.29) is 0 Å². The Morgan fingerprint density at radius 2 is 2.21 bits per heavy atom. The van der Waals surface area contributed by atoms with Crippen LogP contribution >= 0.6 is 11.3 Å². The first kappa shape index (κ1) is 8.24. The lowest BCUT2D eigenvalue weighted by Gasteiger charge is -2.08. The van der Waals surface area contributed by atoms with Gasteiger partial charge in [0.25, 0.3) is 0 Å². The molecule has 1 aliphatic carbocycles. The average Bonchev–Trinajstić information content (AvgIpc) is 2.86. The Bertz CT molecular complexity index is 405. The molecule has 72 valence electrons. The van der Waals surface area contributed by atoms with Crippen molar-refractivity contribution in [2.45, 2.75) is 25.7 Å². The molecule has 14 heavy (non-hydrogen) atoms. The number of aromatic nitrogens is 2. The molecule has 3 rings (SSSR count). The number of aryl methyl sites for hydroxylation is 2. The molecular formula is C11H12N2S. The minimum Gasteiger partial charge on any atom is -0.285 e. The van der Waals surface area contributed by atoms with Crippen LogP contribution in [-0.2, 0) is 12.8 Å². The van der Waals surface area contributed by atoms with Crippen LogP contribution in [0.3, 0.4) is 0 Å². The number of H-pyrrole nitrogens is 1. The molecule has 1 N–H and O–H groups in total. The average molecular weight is 204 g/mol. The molecule has 2 heterocycles. The summed E-state index contributed by atoms with van der Waals surface area (Å²) >= 11 is 1.93. The molecule has 0 aliphatic heterocycles. The topological polar surface area (TPSA) is 28.7 Å². The molecule has 0 fully saturated rings. The number of nitrogens with zero attached hydrogens (tertiary/aromatic N) is 1. The first-order chi connectivity index (χ1) is 6.93. The first-order valence-corrected chi connectivity index (χ1v) is 5.86. The molecule has 0 unspecified atom stereocenters. The van der Waals surface area contributed by atoms with Crippen LogP contribution < -0.4 is 0 Å². The van der Waals surface area contributed by atoms with Crippen molar-refractivity contribution in [2.24, 2.45) is 0 Å². The van der Waals surface area contributed by atoms with Crippen molar-refractivity contribution in [3.8, 4) is 10.4 Å². The highest BCUT2D eigenvalue weighted by molar-refractivity contribution is 7.15. The summed E-state index contributed by atoms with van der Waals surface area (Å²) in [4.78, 5) is 2.96. The minimum absolute atomic E-state index is 1.23. The third-order valence-electron chi connectivity index (χ3n) is 2.78. The quantitative estimate of drug-likeness (QED) is 0.760. The summed E-state index contributed by atoms with van der Waals surface area (Å²) in [5.74, 6) is 0. The van der Waals surface area contributed by atoms with Gasteiger partial charge >= 0.3 is 0 Å². The van der Waals surface area contributed by atoms with E-state index in [9.17, 15) is 0 Å². The van der Waals surface area contributed by atoms with Crippen molar-refractivity contribution >= 4 is 11.3 Å². The predicted octanol–water partition coefficient (Wildman–Crippen LogP) is 3.02. The number of nitrogens with one attached hydrogen (secondary N) is 1. The molecule has 2 aromatic rings. The monoisotopic (exact) mass is 204 g/mol. The second-order valence-electron chi connectivity index (χ2n) is 3.75. The molecule has 2 nitrogen and oxygen atoms in total. The van der Waals surface area contributed by atoms with Crippen molar-refractivity contribution in [3.63, 3.8) is 0 Å². The van der Waals surface area contributed by atoms with Gasteiger partial charge in [0.1, 0.15) is 0 Å². The normalized spacial score (nSPS) is 15.4. The summed E-state index contributed by atoms with van der Waals surface area (Å²) < 4.78 is 0. The fourth-order valence-electron chi connectivity index (χ4n) is 2.02. The van der Waals surface area contributed by atoms with Gasteiger partial charge < -0.3 is 0 Å². The molecule has 0 spiro atoms. The lowest BCUT2D eigenvalue weighted by Crippen LogP contribution is -1.96. The maximum Gasteiger partial charge on any atom is 0.0573 e. The molecule has 0 saturated carbocycles. The molecule has 0 radical (unpaired) electrons. The first-order valence-electron chi connectivity index (χ1n) is 5.04. The number of thiophene rings is 1. The Kier molecular flexibility index (Phi) is 1.91. The van der Waals surface area contributed by atoms with E-state index in [2.05, 4.69) is 16.3 Å². The highest BCUT2D eigenvalue weighted by Crippen LogP contribution is 2.35. The van der Waals surface area contributed by atoms with E-state index < -0.39 is 0 Å². The largest absolute Gasteiger partial charge is 0.285 e. The van der Waals surface area contributed by atoms with Gasteiger partial charge in [-0.25, -0.2) is 0 Å². The SMILES string of the molecule is c1n[nH]cc1-c1cc2c(s1)CCCC2. The highest BCUT2D eigenvalue weighted by Gasteiger charge is 2.14. The van der Waals surface area contributed by atoms with Gasteiger partial charge in [-0.2, -0.15) is 5.10 Å². The Morgan fingerprint density at radius 3 is 3.00 bits per heavy atom. The summed E-state index contributed by atoms with van der Waals surface area (Å²) in [6.45, 7) is 0. The Balaban J connectivity index is 2.04. The smallest absolute Gasteiger partial charge is 0.0573 e. The van der Waals surface area contributed by atoms with E-state index in [0.29, 0.717) is 0 Å². The third kappa shape index (κ3) is 1.28. The van der Waals surface area contributed by atoms with Gasteiger partial charge in [0, 0.05) is 21.5 Å². The second-order valence-corrected chi connectivity index (χ2v) is 4.89. The van der Waals surface area contributed by atoms with Gasteiger partial charge in [-0.05, 0) is 37.3 Å². The Hall–Kier alpha value is -1.09. The van der Waals surface area contributed by atoms with Crippen molar-refractivity contribution < 1.29 is 0 Å². The zero-order valence-electron chi connectivity index (χ0n) is 7.92. The standard InChI is InChI=1S/C11H12N2S/c1-2-4-10-8(3-1)5-11(14-10)9-6-12-13-7-9/h5-7H,1-4H2,(H,12,13). The van der Waals surface area contributed by atoms with Crippen LogP contribution in [0.2, 0.25) is 0 Å². The maximum absolute atomic E-state index is 3.99. The number of rotatable bonds is 1. The fourth-order valence-corrected chi connectivity index (χ4v) is 3.25. The van der Waals surface area contributed by atoms with Gasteiger partial charge in [0.2, 0.25) is 0 Å². The second kappa shape index (κ2) is 3.24. The summed E-state index contributed by atoms with van der Waals surface area (Å²) in [5.41, 5.74) is 2.79. The van der Waals surface area contributed by atoms with Crippen LogP contribution in [0.25, 0.3) is 10.4 Å². The van der Waals surface area contributed by atoms with Crippen molar-refractivity contribution in [2.75, 3.05) is 0 Å². The van der Waals surface area contributed by atoms with E-state index >= 15 is 0 Å². The maximum atomic E-state index is 3.99. The highest BCUT2D eigenvalue weighted by atomic mass is 32.1. The molecule has 0 aromatic carbocycles. The van der Waals surface area contributed by atoms with Gasteiger partial charge in [0.15, 0.2) is 0 Å². The lowest BCUT2D eigenvalue weighted by molar-refractivity contribution is 0.697. The number of hydrogen-bond acceptors (Lipinski definition) is 2. The van der Waals surface area contributed by atoms with E-state index in [0.717, 1.165) is 0 Å². The molecule has 0 atom stereocenters. The van der Waals surface area contributed by atoms with Crippen LogP contribution in [0, 0.1) is 0 Å². The number of fused-ring (bicyclic) bond motifs is 1. The van der Waals surface area contributed by atoms with Crippen LogP contribution in [0.15, 0.2) is 18.5 Å². The summed E-state index contributed by atoms with van der Waals surface area (Å²) in [6.07, 6.45) is 9.13. The van der Waals surface area contributed by atoms with Crippen LogP contribution in [0.1, 0.15) is 23.3 Å². The molecular weight excluding hydrogens is 192 g/mol. The van der Waals surface area contributed by atoms with Gasteiger partial charge in [-0.3, -0.25) is 5.10 Å². The molecule has 1 aliphatic rings. The van der Waals surface area contributed by atoms with Crippen LogP contribution in [0.4, 0.5) is 0 Å².